The molecule has 21 heavy (non-hydrogen) atoms. The summed E-state index contributed by atoms with van der Waals surface area (Å²) in [6.07, 6.45) is 0. The number of hydrogen-bond acceptors (Lipinski definition) is 4. The van der Waals surface area contributed by atoms with E-state index in [-0.39, 0.29) is 17.1 Å². The fraction of sp³-hybridized carbons (Fsp3) is 0.0769. The van der Waals surface area contributed by atoms with Crippen LogP contribution in [0.5, 0.6) is 0 Å². The van der Waals surface area contributed by atoms with E-state index in [0.717, 1.165) is 6.07 Å². The SMILES string of the molecule is O=[N+]([O-])c1cccc(S(=O)(=O)NCc2ccccc2Cl)c1. The largest absolute Gasteiger partial charge is 0.270 e. The van der Waals surface area contributed by atoms with E-state index in [0.29, 0.717) is 10.6 Å². The molecule has 6 nitrogen and oxygen atoms in total. The summed E-state index contributed by atoms with van der Waals surface area (Å²) >= 11 is 5.94. The highest BCUT2D eigenvalue weighted by atomic mass is 35.5. The van der Waals surface area contributed by atoms with Crippen LogP contribution in [0.1, 0.15) is 5.56 Å². The molecular weight excluding hydrogens is 316 g/mol. The smallest absolute Gasteiger partial charge is 0.258 e. The van der Waals surface area contributed by atoms with Gasteiger partial charge in [-0.05, 0) is 17.7 Å². The summed E-state index contributed by atoms with van der Waals surface area (Å²) < 4.78 is 26.6. The molecule has 110 valence electrons. The minimum atomic E-state index is -3.84. The number of nitro groups is 1. The lowest BCUT2D eigenvalue weighted by molar-refractivity contribution is -0.385. The van der Waals surface area contributed by atoms with Crippen molar-refractivity contribution >= 4 is 27.3 Å². The zero-order valence-corrected chi connectivity index (χ0v) is 12.3. The summed E-state index contributed by atoms with van der Waals surface area (Å²) in [7, 11) is -3.84. The van der Waals surface area contributed by atoms with Crippen LogP contribution in [0.25, 0.3) is 0 Å². The minimum Gasteiger partial charge on any atom is -0.258 e. The van der Waals surface area contributed by atoms with Gasteiger partial charge in [-0.1, -0.05) is 35.9 Å². The molecule has 0 amide bonds. The van der Waals surface area contributed by atoms with Gasteiger partial charge < -0.3 is 0 Å². The van der Waals surface area contributed by atoms with Crippen molar-refractivity contribution in [3.05, 3.63) is 69.2 Å². The molecule has 8 heteroatoms. The molecule has 0 unspecified atom stereocenters. The Morgan fingerprint density at radius 3 is 2.52 bits per heavy atom. The van der Waals surface area contributed by atoms with Gasteiger partial charge in [0, 0.05) is 23.7 Å². The Morgan fingerprint density at radius 1 is 1.14 bits per heavy atom. The quantitative estimate of drug-likeness (QED) is 0.675. The first kappa shape index (κ1) is 15.4. The van der Waals surface area contributed by atoms with E-state index in [2.05, 4.69) is 4.72 Å². The van der Waals surface area contributed by atoms with Gasteiger partial charge >= 0.3 is 0 Å². The molecule has 0 fully saturated rings. The molecule has 2 aromatic rings. The Balaban J connectivity index is 2.21. The zero-order valence-electron chi connectivity index (χ0n) is 10.7. The van der Waals surface area contributed by atoms with Crippen LogP contribution in [-0.2, 0) is 16.6 Å². The average Bonchev–Trinajstić information content (AvgIpc) is 2.46. The summed E-state index contributed by atoms with van der Waals surface area (Å²) in [5.41, 5.74) is 0.337. The summed E-state index contributed by atoms with van der Waals surface area (Å²) in [5.74, 6) is 0. The van der Waals surface area contributed by atoms with Gasteiger partial charge in [-0.15, -0.1) is 0 Å². The van der Waals surface area contributed by atoms with Gasteiger partial charge in [0.2, 0.25) is 10.0 Å². The van der Waals surface area contributed by atoms with E-state index >= 15 is 0 Å². The fourth-order valence-electron chi connectivity index (χ4n) is 1.66. The van der Waals surface area contributed by atoms with Crippen LogP contribution in [0.3, 0.4) is 0 Å². The van der Waals surface area contributed by atoms with Gasteiger partial charge in [-0.3, -0.25) is 10.1 Å². The first-order valence-corrected chi connectivity index (χ1v) is 7.74. The Hall–Kier alpha value is -1.96. The Bertz CT molecular complexity index is 777. The Labute approximate surface area is 126 Å². The van der Waals surface area contributed by atoms with Gasteiger partial charge in [-0.2, -0.15) is 0 Å². The first-order valence-electron chi connectivity index (χ1n) is 5.88. The van der Waals surface area contributed by atoms with Crippen LogP contribution in [0, 0.1) is 10.1 Å². The third-order valence-corrected chi connectivity index (χ3v) is 4.52. The van der Waals surface area contributed by atoms with Crippen molar-refractivity contribution in [3.63, 3.8) is 0 Å². The van der Waals surface area contributed by atoms with Crippen molar-refractivity contribution in [2.75, 3.05) is 0 Å². The number of nitro benzene ring substituents is 1. The molecule has 2 aromatic carbocycles. The van der Waals surface area contributed by atoms with Crippen LogP contribution in [0.4, 0.5) is 5.69 Å². The number of benzene rings is 2. The summed E-state index contributed by atoms with van der Waals surface area (Å²) in [6, 6.07) is 11.7. The van der Waals surface area contributed by atoms with Crippen LogP contribution in [-0.4, -0.2) is 13.3 Å². The second-order valence-electron chi connectivity index (χ2n) is 4.17. The number of nitrogens with zero attached hydrogens (tertiary/aromatic N) is 1. The van der Waals surface area contributed by atoms with Crippen molar-refractivity contribution in [1.82, 2.24) is 4.72 Å². The van der Waals surface area contributed by atoms with E-state index in [4.69, 9.17) is 11.6 Å². The fourth-order valence-corrected chi connectivity index (χ4v) is 2.91. The number of non-ortho nitro benzene ring substituents is 1. The predicted octanol–water partition coefficient (Wildman–Crippen LogP) is 2.73. The molecule has 0 spiro atoms. The molecule has 0 aliphatic heterocycles. The number of hydrogen-bond donors (Lipinski definition) is 1. The molecule has 0 radical (unpaired) electrons. The standard InChI is InChI=1S/C13H11ClN2O4S/c14-13-7-2-1-4-10(13)9-15-21(19,20)12-6-3-5-11(8-12)16(17)18/h1-8,15H,9H2. The highest BCUT2D eigenvalue weighted by Crippen LogP contribution is 2.19. The van der Waals surface area contributed by atoms with Crippen LogP contribution in [0.15, 0.2) is 53.4 Å². The first-order chi connectivity index (χ1) is 9.90. The maximum Gasteiger partial charge on any atom is 0.270 e. The lowest BCUT2D eigenvalue weighted by Gasteiger charge is -2.08. The maximum absolute atomic E-state index is 12.1. The number of halogens is 1. The van der Waals surface area contributed by atoms with E-state index < -0.39 is 14.9 Å². The van der Waals surface area contributed by atoms with E-state index in [1.807, 2.05) is 0 Å². The number of nitrogens with one attached hydrogen (secondary N) is 1. The summed E-state index contributed by atoms with van der Waals surface area (Å²) in [4.78, 5) is 9.87. The average molecular weight is 327 g/mol. The highest BCUT2D eigenvalue weighted by Gasteiger charge is 2.17. The predicted molar refractivity (Wildman–Crippen MR) is 78.6 cm³/mol. The lowest BCUT2D eigenvalue weighted by Crippen LogP contribution is -2.23. The van der Waals surface area contributed by atoms with Gasteiger partial charge in [0.1, 0.15) is 0 Å². The molecule has 0 bridgehead atoms. The molecule has 0 aliphatic carbocycles. The third kappa shape index (κ3) is 3.78. The van der Waals surface area contributed by atoms with Crippen molar-refractivity contribution in [1.29, 1.82) is 0 Å². The van der Waals surface area contributed by atoms with Crippen molar-refractivity contribution < 1.29 is 13.3 Å². The molecule has 1 N–H and O–H groups in total. The Morgan fingerprint density at radius 2 is 1.86 bits per heavy atom. The summed E-state index contributed by atoms with van der Waals surface area (Å²) in [5, 5.41) is 11.1. The van der Waals surface area contributed by atoms with Crippen LogP contribution >= 0.6 is 11.6 Å². The molecule has 0 atom stereocenters. The van der Waals surface area contributed by atoms with E-state index in [9.17, 15) is 18.5 Å². The molecule has 0 aliphatic rings. The summed E-state index contributed by atoms with van der Waals surface area (Å²) in [6.45, 7) is 0.00466. The minimum absolute atomic E-state index is 0.00466. The number of rotatable bonds is 5. The molecule has 0 heterocycles. The van der Waals surface area contributed by atoms with Crippen molar-refractivity contribution in [3.8, 4) is 0 Å². The lowest BCUT2D eigenvalue weighted by atomic mass is 10.2. The zero-order chi connectivity index (χ0) is 15.5. The van der Waals surface area contributed by atoms with Gasteiger partial charge in [-0.25, -0.2) is 13.1 Å². The molecule has 0 saturated carbocycles. The topological polar surface area (TPSA) is 89.3 Å². The van der Waals surface area contributed by atoms with Gasteiger partial charge in [0.05, 0.1) is 9.82 Å². The van der Waals surface area contributed by atoms with Crippen LogP contribution in [0.2, 0.25) is 5.02 Å². The highest BCUT2D eigenvalue weighted by molar-refractivity contribution is 7.89. The van der Waals surface area contributed by atoms with Gasteiger partial charge in [0.15, 0.2) is 0 Å². The molecule has 2 rings (SSSR count). The second kappa shape index (κ2) is 6.21. The number of sulfonamides is 1. The Kier molecular flexibility index (Phi) is 4.56. The molecule has 0 saturated heterocycles. The van der Waals surface area contributed by atoms with Crippen molar-refractivity contribution in [2.45, 2.75) is 11.4 Å². The van der Waals surface area contributed by atoms with Crippen LogP contribution < -0.4 is 4.72 Å². The normalized spacial score (nSPS) is 11.3. The van der Waals surface area contributed by atoms with Gasteiger partial charge in [0.25, 0.3) is 5.69 Å². The molecular formula is C13H11ClN2O4S. The second-order valence-corrected chi connectivity index (χ2v) is 6.34. The van der Waals surface area contributed by atoms with E-state index in [1.54, 1.807) is 24.3 Å². The van der Waals surface area contributed by atoms with Crippen molar-refractivity contribution in [2.24, 2.45) is 0 Å². The third-order valence-electron chi connectivity index (χ3n) is 2.75. The monoisotopic (exact) mass is 326 g/mol. The molecule has 0 aromatic heterocycles. The maximum atomic E-state index is 12.1. The van der Waals surface area contributed by atoms with E-state index in [1.165, 1.54) is 18.2 Å².